The SMILES string of the molecule is Cn1c(=O)n(C2CCCN(Cc3ccco3)C2)c2ncncc21. The number of rotatable bonds is 3. The summed E-state index contributed by atoms with van der Waals surface area (Å²) < 4.78 is 8.89. The van der Waals surface area contributed by atoms with Crippen LogP contribution in [0, 0.1) is 0 Å². The fourth-order valence-electron chi connectivity index (χ4n) is 3.43. The highest BCUT2D eigenvalue weighted by Gasteiger charge is 2.26. The summed E-state index contributed by atoms with van der Waals surface area (Å²) in [7, 11) is 1.77. The van der Waals surface area contributed by atoms with Crippen molar-refractivity contribution in [2.45, 2.75) is 25.4 Å². The van der Waals surface area contributed by atoms with E-state index in [1.165, 1.54) is 6.33 Å². The van der Waals surface area contributed by atoms with Gasteiger partial charge in [-0.15, -0.1) is 0 Å². The third kappa shape index (κ3) is 2.46. The molecule has 3 aromatic heterocycles. The van der Waals surface area contributed by atoms with Crippen molar-refractivity contribution in [2.75, 3.05) is 13.1 Å². The summed E-state index contributed by atoms with van der Waals surface area (Å²) in [5.74, 6) is 0.957. The van der Waals surface area contributed by atoms with Crippen LogP contribution in [0.5, 0.6) is 0 Å². The molecule has 120 valence electrons. The highest BCUT2D eigenvalue weighted by Crippen LogP contribution is 2.24. The Morgan fingerprint density at radius 1 is 1.43 bits per heavy atom. The average Bonchev–Trinajstić information content (AvgIpc) is 3.16. The Bertz CT molecular complexity index is 864. The molecule has 1 fully saturated rings. The predicted molar refractivity (Wildman–Crippen MR) is 85.0 cm³/mol. The first kappa shape index (κ1) is 14.2. The number of likely N-dealkylation sites (tertiary alicyclic amines) is 1. The summed E-state index contributed by atoms with van der Waals surface area (Å²) >= 11 is 0. The summed E-state index contributed by atoms with van der Waals surface area (Å²) in [5.41, 5.74) is 1.48. The number of fused-ring (bicyclic) bond motifs is 1. The van der Waals surface area contributed by atoms with Crippen LogP contribution in [-0.2, 0) is 13.6 Å². The molecule has 1 unspecified atom stereocenters. The van der Waals surface area contributed by atoms with Gasteiger partial charge in [-0.05, 0) is 31.5 Å². The summed E-state index contributed by atoms with van der Waals surface area (Å²) in [6.45, 7) is 2.62. The molecule has 1 aliphatic heterocycles. The predicted octanol–water partition coefficient (Wildman–Crippen LogP) is 1.56. The molecule has 4 heterocycles. The second-order valence-corrected chi connectivity index (χ2v) is 6.05. The van der Waals surface area contributed by atoms with E-state index in [1.807, 2.05) is 16.7 Å². The summed E-state index contributed by atoms with van der Waals surface area (Å²) in [5, 5.41) is 0. The van der Waals surface area contributed by atoms with Gasteiger partial charge in [-0.25, -0.2) is 14.8 Å². The second-order valence-electron chi connectivity index (χ2n) is 6.05. The van der Waals surface area contributed by atoms with Crippen LogP contribution in [-0.4, -0.2) is 37.1 Å². The van der Waals surface area contributed by atoms with Crippen molar-refractivity contribution in [3.63, 3.8) is 0 Å². The lowest BCUT2D eigenvalue weighted by Crippen LogP contribution is -2.39. The number of piperidine rings is 1. The van der Waals surface area contributed by atoms with E-state index in [4.69, 9.17) is 4.42 Å². The number of furan rings is 1. The molecule has 0 spiro atoms. The topological polar surface area (TPSA) is 69.1 Å². The van der Waals surface area contributed by atoms with Gasteiger partial charge in [0, 0.05) is 13.6 Å². The zero-order chi connectivity index (χ0) is 15.8. The molecule has 0 N–H and O–H groups in total. The Balaban J connectivity index is 1.65. The van der Waals surface area contributed by atoms with Crippen LogP contribution in [0.3, 0.4) is 0 Å². The van der Waals surface area contributed by atoms with E-state index < -0.39 is 0 Å². The molecule has 1 aliphatic rings. The molecule has 0 radical (unpaired) electrons. The minimum atomic E-state index is -0.0228. The average molecular weight is 313 g/mol. The van der Waals surface area contributed by atoms with Crippen molar-refractivity contribution in [3.8, 4) is 0 Å². The highest BCUT2D eigenvalue weighted by molar-refractivity contribution is 5.70. The normalized spacial score (nSPS) is 19.4. The first-order valence-corrected chi connectivity index (χ1v) is 7.85. The Kier molecular flexibility index (Phi) is 3.49. The first-order chi connectivity index (χ1) is 11.2. The van der Waals surface area contributed by atoms with Crippen LogP contribution >= 0.6 is 0 Å². The second kappa shape index (κ2) is 5.66. The van der Waals surface area contributed by atoms with E-state index in [0.29, 0.717) is 0 Å². The highest BCUT2D eigenvalue weighted by atomic mass is 16.3. The monoisotopic (exact) mass is 313 g/mol. The molecule has 0 saturated carbocycles. The molecular formula is C16H19N5O2. The molecule has 23 heavy (non-hydrogen) atoms. The molecular weight excluding hydrogens is 294 g/mol. The maximum absolute atomic E-state index is 12.6. The molecule has 0 amide bonds. The molecule has 7 nitrogen and oxygen atoms in total. The number of imidazole rings is 1. The first-order valence-electron chi connectivity index (χ1n) is 7.85. The standard InChI is InChI=1S/C16H19N5O2/c1-19-14-8-17-11-18-15(14)21(16(19)22)12-4-2-6-20(9-12)10-13-5-3-7-23-13/h3,5,7-8,11-12H,2,4,6,9-10H2,1H3. The zero-order valence-electron chi connectivity index (χ0n) is 13.1. The van der Waals surface area contributed by atoms with Crippen molar-refractivity contribution < 1.29 is 4.42 Å². The quantitative estimate of drug-likeness (QED) is 0.734. The van der Waals surface area contributed by atoms with E-state index in [1.54, 1.807) is 24.1 Å². The van der Waals surface area contributed by atoms with Crippen LogP contribution < -0.4 is 5.69 Å². The number of aryl methyl sites for hydroxylation is 1. The Morgan fingerprint density at radius 2 is 2.35 bits per heavy atom. The van der Waals surface area contributed by atoms with Crippen LogP contribution in [0.1, 0.15) is 24.6 Å². The van der Waals surface area contributed by atoms with Crippen molar-refractivity contribution in [1.82, 2.24) is 24.0 Å². The Labute approximate surface area is 133 Å². The number of nitrogens with zero attached hydrogens (tertiary/aromatic N) is 5. The number of aromatic nitrogens is 4. The fraction of sp³-hybridized carbons (Fsp3) is 0.438. The van der Waals surface area contributed by atoms with Crippen LogP contribution in [0.2, 0.25) is 0 Å². The van der Waals surface area contributed by atoms with Crippen molar-refractivity contribution in [3.05, 3.63) is 47.2 Å². The lowest BCUT2D eigenvalue weighted by atomic mass is 10.1. The largest absolute Gasteiger partial charge is 0.468 e. The summed E-state index contributed by atoms with van der Waals surface area (Å²) in [6.07, 6.45) is 6.94. The van der Waals surface area contributed by atoms with Gasteiger partial charge >= 0.3 is 5.69 Å². The van der Waals surface area contributed by atoms with Crippen LogP contribution in [0.4, 0.5) is 0 Å². The molecule has 4 rings (SSSR count). The third-order valence-electron chi connectivity index (χ3n) is 4.56. The maximum atomic E-state index is 12.6. The summed E-state index contributed by atoms with van der Waals surface area (Å²) in [4.78, 5) is 23.3. The third-order valence-corrected chi connectivity index (χ3v) is 4.56. The van der Waals surface area contributed by atoms with Gasteiger partial charge in [0.1, 0.15) is 17.6 Å². The smallest absolute Gasteiger partial charge is 0.330 e. The van der Waals surface area contributed by atoms with E-state index in [9.17, 15) is 4.79 Å². The van der Waals surface area contributed by atoms with Gasteiger partial charge in [-0.3, -0.25) is 14.0 Å². The van der Waals surface area contributed by atoms with E-state index in [-0.39, 0.29) is 11.7 Å². The Hall–Kier alpha value is -2.41. The molecule has 7 heteroatoms. The van der Waals surface area contributed by atoms with E-state index >= 15 is 0 Å². The fourth-order valence-corrected chi connectivity index (χ4v) is 3.43. The van der Waals surface area contributed by atoms with Gasteiger partial charge in [-0.1, -0.05) is 0 Å². The van der Waals surface area contributed by atoms with Gasteiger partial charge in [-0.2, -0.15) is 0 Å². The Morgan fingerprint density at radius 3 is 3.17 bits per heavy atom. The van der Waals surface area contributed by atoms with Gasteiger partial charge < -0.3 is 4.42 Å². The van der Waals surface area contributed by atoms with Crippen molar-refractivity contribution in [2.24, 2.45) is 7.05 Å². The lowest BCUT2D eigenvalue weighted by Gasteiger charge is -2.32. The van der Waals surface area contributed by atoms with Crippen LogP contribution in [0.15, 0.2) is 40.1 Å². The van der Waals surface area contributed by atoms with Gasteiger partial charge in [0.25, 0.3) is 0 Å². The molecule has 0 aliphatic carbocycles. The molecule has 1 saturated heterocycles. The molecule has 0 bridgehead atoms. The minimum absolute atomic E-state index is 0.0228. The lowest BCUT2D eigenvalue weighted by molar-refractivity contribution is 0.159. The van der Waals surface area contributed by atoms with Crippen molar-refractivity contribution >= 4 is 11.2 Å². The summed E-state index contributed by atoms with van der Waals surface area (Å²) in [6, 6.07) is 4.02. The molecule has 3 aromatic rings. The van der Waals surface area contributed by atoms with Gasteiger partial charge in [0.15, 0.2) is 5.65 Å². The van der Waals surface area contributed by atoms with E-state index in [0.717, 1.165) is 49.4 Å². The maximum Gasteiger partial charge on any atom is 0.330 e. The van der Waals surface area contributed by atoms with Gasteiger partial charge in [0.05, 0.1) is 25.0 Å². The number of hydrogen-bond acceptors (Lipinski definition) is 5. The number of hydrogen-bond donors (Lipinski definition) is 0. The van der Waals surface area contributed by atoms with Crippen molar-refractivity contribution in [1.29, 1.82) is 0 Å². The van der Waals surface area contributed by atoms with E-state index in [2.05, 4.69) is 14.9 Å². The van der Waals surface area contributed by atoms with Crippen LogP contribution in [0.25, 0.3) is 11.2 Å². The minimum Gasteiger partial charge on any atom is -0.468 e. The molecule has 0 aromatic carbocycles. The van der Waals surface area contributed by atoms with Gasteiger partial charge in [0.2, 0.25) is 0 Å². The zero-order valence-corrected chi connectivity index (χ0v) is 13.1. The molecule has 1 atom stereocenters.